The number of aryl methyl sites for hydroxylation is 1. The standard InChI is InChI=1S/C19H15ClO2/c1-12-10-15(20)8-9-16(12)17-5-3-4-13-6-7-14(11-18(13)17)19(21)22-2/h3-11H,1-2H3. The van der Waals surface area contributed by atoms with E-state index >= 15 is 0 Å². The van der Waals surface area contributed by atoms with Crippen molar-refractivity contribution in [3.05, 3.63) is 70.7 Å². The van der Waals surface area contributed by atoms with Crippen LogP contribution < -0.4 is 0 Å². The van der Waals surface area contributed by atoms with E-state index in [1.807, 2.05) is 49.4 Å². The predicted molar refractivity (Wildman–Crippen MR) is 90.5 cm³/mol. The molecule has 2 nitrogen and oxygen atoms in total. The monoisotopic (exact) mass is 310 g/mol. The average molecular weight is 311 g/mol. The maximum atomic E-state index is 11.8. The van der Waals surface area contributed by atoms with Gasteiger partial charge in [0.1, 0.15) is 0 Å². The van der Waals surface area contributed by atoms with E-state index in [2.05, 4.69) is 6.07 Å². The van der Waals surface area contributed by atoms with Crippen molar-refractivity contribution < 1.29 is 9.53 Å². The average Bonchev–Trinajstić information content (AvgIpc) is 2.53. The molecule has 0 N–H and O–H groups in total. The first kappa shape index (κ1) is 14.6. The number of benzene rings is 3. The highest BCUT2D eigenvalue weighted by Crippen LogP contribution is 2.32. The Labute approximate surface area is 134 Å². The SMILES string of the molecule is COC(=O)c1ccc2cccc(-c3ccc(Cl)cc3C)c2c1. The molecule has 0 aliphatic rings. The first-order valence-corrected chi connectivity index (χ1v) is 7.35. The summed E-state index contributed by atoms with van der Waals surface area (Å²) in [6.07, 6.45) is 0. The fourth-order valence-electron chi connectivity index (χ4n) is 2.68. The van der Waals surface area contributed by atoms with Gasteiger partial charge in [0.15, 0.2) is 0 Å². The summed E-state index contributed by atoms with van der Waals surface area (Å²) in [6.45, 7) is 2.03. The lowest BCUT2D eigenvalue weighted by atomic mass is 9.94. The van der Waals surface area contributed by atoms with Crippen molar-refractivity contribution in [2.45, 2.75) is 6.92 Å². The van der Waals surface area contributed by atoms with Gasteiger partial charge in [0, 0.05) is 5.02 Å². The van der Waals surface area contributed by atoms with E-state index < -0.39 is 0 Å². The number of ether oxygens (including phenoxy) is 1. The van der Waals surface area contributed by atoms with Gasteiger partial charge < -0.3 is 4.74 Å². The molecule has 3 aromatic rings. The number of hydrogen-bond acceptors (Lipinski definition) is 2. The highest BCUT2D eigenvalue weighted by molar-refractivity contribution is 6.30. The zero-order valence-corrected chi connectivity index (χ0v) is 13.1. The molecule has 0 fully saturated rings. The van der Waals surface area contributed by atoms with Crippen molar-refractivity contribution in [2.75, 3.05) is 7.11 Å². The van der Waals surface area contributed by atoms with Crippen LogP contribution >= 0.6 is 11.6 Å². The first-order valence-electron chi connectivity index (χ1n) is 6.98. The van der Waals surface area contributed by atoms with Gasteiger partial charge in [-0.2, -0.15) is 0 Å². The Bertz CT molecular complexity index is 868. The normalized spacial score (nSPS) is 10.7. The van der Waals surface area contributed by atoms with Crippen molar-refractivity contribution in [2.24, 2.45) is 0 Å². The number of halogens is 1. The van der Waals surface area contributed by atoms with E-state index in [0.717, 1.165) is 32.5 Å². The quantitative estimate of drug-likeness (QED) is 0.604. The molecule has 3 aromatic carbocycles. The van der Waals surface area contributed by atoms with Gasteiger partial charge in [0.2, 0.25) is 0 Å². The van der Waals surface area contributed by atoms with Crippen molar-refractivity contribution >= 4 is 28.3 Å². The smallest absolute Gasteiger partial charge is 0.337 e. The third-order valence-electron chi connectivity index (χ3n) is 3.78. The number of hydrogen-bond donors (Lipinski definition) is 0. The van der Waals surface area contributed by atoms with Crippen LogP contribution in [0.3, 0.4) is 0 Å². The molecule has 0 aromatic heterocycles. The third-order valence-corrected chi connectivity index (χ3v) is 4.02. The number of methoxy groups -OCH3 is 1. The second-order valence-electron chi connectivity index (χ2n) is 5.19. The molecule has 0 amide bonds. The van der Waals surface area contributed by atoms with Crippen LogP contribution in [0.25, 0.3) is 21.9 Å². The van der Waals surface area contributed by atoms with Crippen LogP contribution in [0.1, 0.15) is 15.9 Å². The second-order valence-corrected chi connectivity index (χ2v) is 5.63. The van der Waals surface area contributed by atoms with Crippen LogP contribution in [0, 0.1) is 6.92 Å². The number of fused-ring (bicyclic) bond motifs is 1. The highest BCUT2D eigenvalue weighted by Gasteiger charge is 2.10. The van der Waals surface area contributed by atoms with E-state index in [0.29, 0.717) is 5.56 Å². The van der Waals surface area contributed by atoms with Crippen LogP contribution in [-0.2, 0) is 4.74 Å². The van der Waals surface area contributed by atoms with Gasteiger partial charge in [-0.15, -0.1) is 0 Å². The van der Waals surface area contributed by atoms with Crippen molar-refractivity contribution in [1.29, 1.82) is 0 Å². The number of esters is 1. The van der Waals surface area contributed by atoms with E-state index in [-0.39, 0.29) is 5.97 Å². The largest absolute Gasteiger partial charge is 0.465 e. The Morgan fingerprint density at radius 2 is 1.82 bits per heavy atom. The number of carbonyl (C=O) groups excluding carboxylic acids is 1. The summed E-state index contributed by atoms with van der Waals surface area (Å²) in [5.74, 6) is -0.329. The van der Waals surface area contributed by atoms with Crippen LogP contribution in [0.5, 0.6) is 0 Å². The molecular formula is C19H15ClO2. The molecule has 110 valence electrons. The van der Waals surface area contributed by atoms with Crippen LogP contribution in [0.4, 0.5) is 0 Å². The molecule has 0 heterocycles. The Kier molecular flexibility index (Phi) is 3.86. The molecule has 0 saturated carbocycles. The summed E-state index contributed by atoms with van der Waals surface area (Å²) in [4.78, 5) is 11.8. The topological polar surface area (TPSA) is 26.3 Å². The molecule has 3 heteroatoms. The lowest BCUT2D eigenvalue weighted by Crippen LogP contribution is -2.00. The molecule has 0 aliphatic heterocycles. The second kappa shape index (κ2) is 5.82. The minimum atomic E-state index is -0.329. The maximum Gasteiger partial charge on any atom is 0.337 e. The van der Waals surface area contributed by atoms with Crippen LogP contribution in [0.15, 0.2) is 54.6 Å². The molecule has 3 rings (SSSR count). The summed E-state index contributed by atoms with van der Waals surface area (Å²) >= 11 is 6.05. The summed E-state index contributed by atoms with van der Waals surface area (Å²) in [5.41, 5.74) is 3.84. The molecule has 22 heavy (non-hydrogen) atoms. The molecule has 0 bridgehead atoms. The van der Waals surface area contributed by atoms with E-state index in [4.69, 9.17) is 16.3 Å². The summed E-state index contributed by atoms with van der Waals surface area (Å²) < 4.78 is 4.81. The number of carbonyl (C=O) groups is 1. The summed E-state index contributed by atoms with van der Waals surface area (Å²) in [5, 5.41) is 2.83. The molecule has 0 atom stereocenters. The zero-order chi connectivity index (χ0) is 15.7. The zero-order valence-electron chi connectivity index (χ0n) is 12.4. The van der Waals surface area contributed by atoms with Crippen molar-refractivity contribution in [3.63, 3.8) is 0 Å². The minimum absolute atomic E-state index is 0.329. The van der Waals surface area contributed by atoms with Gasteiger partial charge in [0.25, 0.3) is 0 Å². The van der Waals surface area contributed by atoms with Gasteiger partial charge in [-0.05, 0) is 58.7 Å². The fraction of sp³-hybridized carbons (Fsp3) is 0.105. The lowest BCUT2D eigenvalue weighted by Gasteiger charge is -2.11. The van der Waals surface area contributed by atoms with Gasteiger partial charge in [0.05, 0.1) is 12.7 Å². The third kappa shape index (κ3) is 2.58. The Balaban J connectivity index is 2.26. The molecule has 0 spiro atoms. The Morgan fingerprint density at radius 3 is 2.55 bits per heavy atom. The Morgan fingerprint density at radius 1 is 1.00 bits per heavy atom. The highest BCUT2D eigenvalue weighted by atomic mass is 35.5. The maximum absolute atomic E-state index is 11.8. The minimum Gasteiger partial charge on any atom is -0.465 e. The fourth-order valence-corrected chi connectivity index (χ4v) is 2.91. The molecular weight excluding hydrogens is 296 g/mol. The number of rotatable bonds is 2. The molecule has 0 aliphatic carbocycles. The van der Waals surface area contributed by atoms with Crippen LogP contribution in [0.2, 0.25) is 5.02 Å². The molecule has 0 unspecified atom stereocenters. The predicted octanol–water partition coefficient (Wildman–Crippen LogP) is 5.26. The van der Waals surface area contributed by atoms with Gasteiger partial charge >= 0.3 is 5.97 Å². The first-order chi connectivity index (χ1) is 10.6. The van der Waals surface area contributed by atoms with E-state index in [1.54, 1.807) is 6.07 Å². The van der Waals surface area contributed by atoms with Crippen molar-refractivity contribution in [1.82, 2.24) is 0 Å². The molecule has 0 saturated heterocycles. The summed E-state index contributed by atoms with van der Waals surface area (Å²) in [7, 11) is 1.39. The van der Waals surface area contributed by atoms with Gasteiger partial charge in [-0.1, -0.05) is 41.9 Å². The van der Waals surface area contributed by atoms with E-state index in [9.17, 15) is 4.79 Å². The summed E-state index contributed by atoms with van der Waals surface area (Å²) in [6, 6.07) is 17.5. The van der Waals surface area contributed by atoms with Gasteiger partial charge in [-0.25, -0.2) is 4.79 Å². The van der Waals surface area contributed by atoms with Gasteiger partial charge in [-0.3, -0.25) is 0 Å². The van der Waals surface area contributed by atoms with E-state index in [1.165, 1.54) is 7.11 Å². The lowest BCUT2D eigenvalue weighted by molar-refractivity contribution is 0.0601. The Hall–Kier alpha value is -2.32. The van der Waals surface area contributed by atoms with Crippen LogP contribution in [-0.4, -0.2) is 13.1 Å². The van der Waals surface area contributed by atoms with Crippen molar-refractivity contribution in [3.8, 4) is 11.1 Å². The molecule has 0 radical (unpaired) electrons.